The van der Waals surface area contributed by atoms with Crippen LogP contribution in [0.4, 0.5) is 0 Å². The monoisotopic (exact) mass is 169 g/mol. The second-order valence-electron chi connectivity index (χ2n) is 3.26. The fraction of sp³-hybridized carbons (Fsp3) is 0.818. The zero-order valence-electron chi connectivity index (χ0n) is 8.82. The number of hydrogen-bond acceptors (Lipinski definition) is 1. The average Bonchev–Trinajstić information content (AvgIpc) is 2.08. The predicted octanol–water partition coefficient (Wildman–Crippen LogP) is 3.47. The van der Waals surface area contributed by atoms with Gasteiger partial charge < -0.3 is 5.32 Å². The van der Waals surface area contributed by atoms with E-state index in [2.05, 4.69) is 11.9 Å². The highest BCUT2D eigenvalue weighted by Crippen LogP contribution is 2.17. The van der Waals surface area contributed by atoms with Crippen LogP contribution in [0.1, 0.15) is 52.9 Å². The van der Waals surface area contributed by atoms with Crippen molar-refractivity contribution in [1.82, 2.24) is 5.32 Å². The largest absolute Gasteiger partial charge is 0.386 e. The van der Waals surface area contributed by atoms with Crippen LogP contribution in [0.2, 0.25) is 0 Å². The van der Waals surface area contributed by atoms with Crippen molar-refractivity contribution in [3.05, 3.63) is 12.3 Å². The molecule has 0 aromatic heterocycles. The van der Waals surface area contributed by atoms with E-state index >= 15 is 0 Å². The summed E-state index contributed by atoms with van der Waals surface area (Å²) in [5.74, 6) is 0. The Balaban J connectivity index is 0.000000561. The lowest BCUT2D eigenvalue weighted by Crippen LogP contribution is -2.28. The number of hydrogen-bond donors (Lipinski definition) is 1. The molecule has 0 bridgehead atoms. The molecule has 72 valence electrons. The Labute approximate surface area is 77.2 Å². The van der Waals surface area contributed by atoms with Crippen LogP contribution in [0, 0.1) is 0 Å². The summed E-state index contributed by atoms with van der Waals surface area (Å²) in [7, 11) is 0. The van der Waals surface area contributed by atoms with E-state index in [0.29, 0.717) is 0 Å². The summed E-state index contributed by atoms with van der Waals surface area (Å²) in [5, 5.41) is 3.39. The summed E-state index contributed by atoms with van der Waals surface area (Å²) >= 11 is 0. The normalized spacial score (nSPS) is 17.6. The Kier molecular flexibility index (Phi) is 6.93. The standard InChI is InChI=1S/C9H17N.C2H6/c1-8(2)10-9-6-4-3-5-7-9;1-2/h9-10H,1,3-7H2,2H3;1-2H3. The molecule has 1 fully saturated rings. The summed E-state index contributed by atoms with van der Waals surface area (Å²) in [6, 6.07) is 0.728. The number of rotatable bonds is 2. The number of nitrogens with one attached hydrogen (secondary N) is 1. The highest BCUT2D eigenvalue weighted by Gasteiger charge is 2.11. The van der Waals surface area contributed by atoms with Crippen LogP contribution in [-0.4, -0.2) is 6.04 Å². The van der Waals surface area contributed by atoms with Gasteiger partial charge in [0.2, 0.25) is 0 Å². The molecule has 12 heavy (non-hydrogen) atoms. The maximum absolute atomic E-state index is 3.84. The van der Waals surface area contributed by atoms with Crippen molar-refractivity contribution in [1.29, 1.82) is 0 Å². The minimum Gasteiger partial charge on any atom is -0.386 e. The molecule has 1 heteroatoms. The van der Waals surface area contributed by atoms with E-state index in [9.17, 15) is 0 Å². The van der Waals surface area contributed by atoms with E-state index in [1.54, 1.807) is 0 Å². The fourth-order valence-electron chi connectivity index (χ4n) is 1.60. The summed E-state index contributed by atoms with van der Waals surface area (Å²) in [4.78, 5) is 0. The van der Waals surface area contributed by atoms with Crippen LogP contribution in [0.25, 0.3) is 0 Å². The molecule has 0 aromatic carbocycles. The van der Waals surface area contributed by atoms with Crippen molar-refractivity contribution >= 4 is 0 Å². The van der Waals surface area contributed by atoms with Gasteiger partial charge in [0.25, 0.3) is 0 Å². The predicted molar refractivity (Wildman–Crippen MR) is 56.2 cm³/mol. The van der Waals surface area contributed by atoms with Crippen LogP contribution < -0.4 is 5.32 Å². The molecule has 0 aromatic rings. The van der Waals surface area contributed by atoms with E-state index in [1.165, 1.54) is 32.1 Å². The summed E-state index contributed by atoms with van der Waals surface area (Å²) < 4.78 is 0. The van der Waals surface area contributed by atoms with Crippen LogP contribution in [0.15, 0.2) is 12.3 Å². The zero-order valence-corrected chi connectivity index (χ0v) is 8.82. The maximum atomic E-state index is 3.84. The molecule has 1 aliphatic carbocycles. The summed E-state index contributed by atoms with van der Waals surface area (Å²) in [5.41, 5.74) is 1.12. The Morgan fingerprint density at radius 1 is 1.17 bits per heavy atom. The van der Waals surface area contributed by atoms with Crippen LogP contribution in [-0.2, 0) is 0 Å². The van der Waals surface area contributed by atoms with Gasteiger partial charge in [0.1, 0.15) is 0 Å². The molecule has 0 radical (unpaired) electrons. The fourth-order valence-corrected chi connectivity index (χ4v) is 1.60. The molecular formula is C11H23N. The molecule has 1 N–H and O–H groups in total. The van der Waals surface area contributed by atoms with Crippen molar-refractivity contribution in [3.63, 3.8) is 0 Å². The van der Waals surface area contributed by atoms with E-state index < -0.39 is 0 Å². The van der Waals surface area contributed by atoms with Crippen molar-refractivity contribution in [2.45, 2.75) is 58.9 Å². The van der Waals surface area contributed by atoms with Crippen LogP contribution >= 0.6 is 0 Å². The molecule has 0 amide bonds. The Morgan fingerprint density at radius 2 is 1.67 bits per heavy atom. The lowest BCUT2D eigenvalue weighted by Gasteiger charge is -2.23. The molecular weight excluding hydrogens is 146 g/mol. The highest BCUT2D eigenvalue weighted by atomic mass is 14.9. The number of allylic oxidation sites excluding steroid dienone is 1. The van der Waals surface area contributed by atoms with Crippen molar-refractivity contribution in [2.24, 2.45) is 0 Å². The molecule has 1 aliphatic rings. The van der Waals surface area contributed by atoms with Gasteiger partial charge >= 0.3 is 0 Å². The third-order valence-corrected chi connectivity index (χ3v) is 2.06. The van der Waals surface area contributed by atoms with Gasteiger partial charge in [-0.1, -0.05) is 39.7 Å². The van der Waals surface area contributed by atoms with Gasteiger partial charge in [0.05, 0.1) is 0 Å². The molecule has 0 heterocycles. The first-order valence-corrected chi connectivity index (χ1v) is 5.21. The van der Waals surface area contributed by atoms with Gasteiger partial charge in [-0.3, -0.25) is 0 Å². The van der Waals surface area contributed by atoms with Gasteiger partial charge in [0.15, 0.2) is 0 Å². The smallest absolute Gasteiger partial charge is 0.0257 e. The van der Waals surface area contributed by atoms with Gasteiger partial charge in [-0.15, -0.1) is 0 Å². The first kappa shape index (κ1) is 11.5. The molecule has 0 saturated heterocycles. The molecule has 0 unspecified atom stereocenters. The second-order valence-corrected chi connectivity index (χ2v) is 3.26. The molecule has 1 nitrogen and oxygen atoms in total. The second kappa shape index (κ2) is 7.20. The zero-order chi connectivity index (χ0) is 9.40. The van der Waals surface area contributed by atoms with Crippen molar-refractivity contribution in [2.75, 3.05) is 0 Å². The molecule has 0 aliphatic heterocycles. The van der Waals surface area contributed by atoms with E-state index in [1.807, 2.05) is 20.8 Å². The minimum atomic E-state index is 0.728. The maximum Gasteiger partial charge on any atom is 0.0257 e. The SMILES string of the molecule is C=C(C)NC1CCCCC1.CC. The third kappa shape index (κ3) is 5.22. The Hall–Kier alpha value is -0.460. The summed E-state index contributed by atoms with van der Waals surface area (Å²) in [6.45, 7) is 9.87. The first-order chi connectivity index (χ1) is 5.79. The molecule has 1 saturated carbocycles. The quantitative estimate of drug-likeness (QED) is 0.667. The lowest BCUT2D eigenvalue weighted by atomic mass is 9.95. The Morgan fingerprint density at radius 3 is 2.08 bits per heavy atom. The Bertz CT molecular complexity index is 112. The van der Waals surface area contributed by atoms with Gasteiger partial charge in [0, 0.05) is 11.7 Å². The first-order valence-electron chi connectivity index (χ1n) is 5.21. The molecule has 1 rings (SSSR count). The lowest BCUT2D eigenvalue weighted by molar-refractivity contribution is 0.397. The average molecular weight is 169 g/mol. The third-order valence-electron chi connectivity index (χ3n) is 2.06. The van der Waals surface area contributed by atoms with E-state index in [0.717, 1.165) is 11.7 Å². The van der Waals surface area contributed by atoms with E-state index in [-0.39, 0.29) is 0 Å². The summed E-state index contributed by atoms with van der Waals surface area (Å²) in [6.07, 6.45) is 6.89. The minimum absolute atomic E-state index is 0.728. The highest BCUT2D eigenvalue weighted by molar-refractivity contribution is 4.89. The topological polar surface area (TPSA) is 12.0 Å². The van der Waals surface area contributed by atoms with Gasteiger partial charge in [-0.25, -0.2) is 0 Å². The van der Waals surface area contributed by atoms with Crippen molar-refractivity contribution < 1.29 is 0 Å². The van der Waals surface area contributed by atoms with Gasteiger partial charge in [-0.2, -0.15) is 0 Å². The van der Waals surface area contributed by atoms with Gasteiger partial charge in [-0.05, 0) is 19.8 Å². The van der Waals surface area contributed by atoms with Crippen LogP contribution in [0.5, 0.6) is 0 Å². The molecule has 0 atom stereocenters. The van der Waals surface area contributed by atoms with Crippen LogP contribution in [0.3, 0.4) is 0 Å². The van der Waals surface area contributed by atoms with Crippen molar-refractivity contribution in [3.8, 4) is 0 Å². The molecule has 0 spiro atoms. The van der Waals surface area contributed by atoms with E-state index in [4.69, 9.17) is 0 Å².